The molecule has 8 heteroatoms. The molecule has 1 aliphatic heterocycles. The van der Waals surface area contributed by atoms with Crippen LogP contribution in [-0.2, 0) is 16.0 Å². The van der Waals surface area contributed by atoms with Crippen LogP contribution < -0.4 is 0 Å². The summed E-state index contributed by atoms with van der Waals surface area (Å²) < 4.78 is 1.90. The number of H-pyrrole nitrogens is 1. The SMILES string of the molecule is O=C1C(=O)N(CCCc2ncc[nH]2)C(c2ccc(Br)cc2)/C1=C(\O)c1ccc(I)cc1. The number of nitrogens with zero attached hydrogens (tertiary/aromatic N) is 2. The highest BCUT2D eigenvalue weighted by Crippen LogP contribution is 2.39. The number of aliphatic hydroxyl groups is 1. The van der Waals surface area contributed by atoms with Crippen LogP contribution in [0, 0.1) is 3.57 Å². The number of benzene rings is 2. The van der Waals surface area contributed by atoms with E-state index in [0.717, 1.165) is 19.4 Å². The average Bonchev–Trinajstić information content (AvgIpc) is 3.37. The van der Waals surface area contributed by atoms with E-state index in [1.807, 2.05) is 36.4 Å². The molecular formula is C23H19BrIN3O3. The van der Waals surface area contributed by atoms with Crippen molar-refractivity contribution in [2.24, 2.45) is 0 Å². The zero-order valence-corrected chi connectivity index (χ0v) is 20.1. The number of Topliss-reactive ketones (excluding diaryl/α,β-unsaturated/α-hetero) is 1. The van der Waals surface area contributed by atoms with Crippen molar-refractivity contribution >= 4 is 56.0 Å². The second-order valence-electron chi connectivity index (χ2n) is 7.19. The van der Waals surface area contributed by atoms with Crippen molar-refractivity contribution in [3.05, 3.63) is 91.5 Å². The minimum absolute atomic E-state index is 0.117. The number of carbonyl (C=O) groups is 2. The van der Waals surface area contributed by atoms with Gasteiger partial charge in [0.2, 0.25) is 0 Å². The van der Waals surface area contributed by atoms with Crippen molar-refractivity contribution in [1.82, 2.24) is 14.9 Å². The third-order valence-electron chi connectivity index (χ3n) is 5.21. The fraction of sp³-hybridized carbons (Fsp3) is 0.174. The van der Waals surface area contributed by atoms with Gasteiger partial charge in [-0.15, -0.1) is 0 Å². The maximum Gasteiger partial charge on any atom is 0.295 e. The fourth-order valence-electron chi connectivity index (χ4n) is 3.72. The van der Waals surface area contributed by atoms with E-state index in [1.165, 1.54) is 0 Å². The van der Waals surface area contributed by atoms with E-state index in [0.29, 0.717) is 24.9 Å². The van der Waals surface area contributed by atoms with Gasteiger partial charge in [-0.25, -0.2) is 4.98 Å². The normalized spacial score (nSPS) is 18.0. The molecular weight excluding hydrogens is 573 g/mol. The van der Waals surface area contributed by atoms with Crippen LogP contribution in [-0.4, -0.2) is 38.2 Å². The van der Waals surface area contributed by atoms with E-state index in [4.69, 9.17) is 0 Å². The summed E-state index contributed by atoms with van der Waals surface area (Å²) in [5.41, 5.74) is 1.40. The lowest BCUT2D eigenvalue weighted by molar-refractivity contribution is -0.139. The molecule has 1 atom stereocenters. The number of likely N-dealkylation sites (tertiary alicyclic amines) is 1. The first-order valence-corrected chi connectivity index (χ1v) is 11.6. The number of aryl methyl sites for hydroxylation is 1. The molecule has 1 unspecified atom stereocenters. The Morgan fingerprint density at radius 3 is 2.48 bits per heavy atom. The molecule has 1 aromatic heterocycles. The van der Waals surface area contributed by atoms with E-state index >= 15 is 0 Å². The van der Waals surface area contributed by atoms with Gasteiger partial charge in [-0.2, -0.15) is 0 Å². The molecule has 1 amide bonds. The van der Waals surface area contributed by atoms with Crippen molar-refractivity contribution < 1.29 is 14.7 Å². The van der Waals surface area contributed by atoms with Crippen LogP contribution in [0.5, 0.6) is 0 Å². The number of halogens is 2. The molecule has 0 radical (unpaired) electrons. The minimum atomic E-state index is -0.665. The molecule has 0 aliphatic carbocycles. The lowest BCUT2D eigenvalue weighted by atomic mass is 9.95. The second kappa shape index (κ2) is 9.35. The number of amides is 1. The molecule has 2 N–H and O–H groups in total. The van der Waals surface area contributed by atoms with Crippen LogP contribution in [0.2, 0.25) is 0 Å². The number of rotatable bonds is 6. The number of nitrogens with one attached hydrogen (secondary N) is 1. The zero-order chi connectivity index (χ0) is 22.0. The van der Waals surface area contributed by atoms with Gasteiger partial charge in [0.05, 0.1) is 11.6 Å². The van der Waals surface area contributed by atoms with Crippen molar-refractivity contribution in [1.29, 1.82) is 0 Å². The predicted molar refractivity (Wildman–Crippen MR) is 129 cm³/mol. The molecule has 158 valence electrons. The zero-order valence-electron chi connectivity index (χ0n) is 16.4. The molecule has 0 saturated carbocycles. The van der Waals surface area contributed by atoms with E-state index in [9.17, 15) is 14.7 Å². The largest absolute Gasteiger partial charge is 0.507 e. The van der Waals surface area contributed by atoms with Crippen LogP contribution in [0.25, 0.3) is 5.76 Å². The summed E-state index contributed by atoms with van der Waals surface area (Å²) in [4.78, 5) is 34.8. The first kappa shape index (κ1) is 21.8. The van der Waals surface area contributed by atoms with Crippen LogP contribution >= 0.6 is 38.5 Å². The molecule has 2 heterocycles. The number of ketones is 1. The Labute approximate surface area is 201 Å². The molecule has 0 spiro atoms. The van der Waals surface area contributed by atoms with Crippen molar-refractivity contribution in [3.8, 4) is 0 Å². The maximum atomic E-state index is 13.0. The molecule has 6 nitrogen and oxygen atoms in total. The Kier molecular flexibility index (Phi) is 6.57. The molecule has 1 aliphatic rings. The molecule has 2 aromatic carbocycles. The topological polar surface area (TPSA) is 86.3 Å². The summed E-state index contributed by atoms with van der Waals surface area (Å²) in [6.07, 6.45) is 4.73. The average molecular weight is 592 g/mol. The van der Waals surface area contributed by atoms with Gasteiger partial charge in [-0.1, -0.05) is 40.2 Å². The second-order valence-corrected chi connectivity index (χ2v) is 9.35. The Morgan fingerprint density at radius 2 is 1.84 bits per heavy atom. The Balaban J connectivity index is 1.72. The standard InChI is InChI=1S/C23H19BrIN3O3/c24-16-7-3-14(4-8-16)20-19(21(29)15-5-9-17(25)10-6-15)22(30)23(31)28(20)13-1-2-18-26-11-12-27-18/h3-12,20,29H,1-2,13H2,(H,26,27)/b21-19+. The molecule has 0 bridgehead atoms. The monoisotopic (exact) mass is 591 g/mol. The molecule has 1 fully saturated rings. The van der Waals surface area contributed by atoms with Gasteiger partial charge >= 0.3 is 0 Å². The number of carbonyl (C=O) groups excluding carboxylic acids is 2. The van der Waals surface area contributed by atoms with Gasteiger partial charge in [0.15, 0.2) is 0 Å². The van der Waals surface area contributed by atoms with Crippen LogP contribution in [0.1, 0.15) is 29.4 Å². The lowest BCUT2D eigenvalue weighted by Crippen LogP contribution is -2.31. The van der Waals surface area contributed by atoms with Gasteiger partial charge in [0, 0.05) is 39.0 Å². The Morgan fingerprint density at radius 1 is 1.13 bits per heavy atom. The molecule has 4 rings (SSSR count). The van der Waals surface area contributed by atoms with Crippen molar-refractivity contribution in [2.75, 3.05) is 6.54 Å². The number of aromatic amines is 1. The molecule has 31 heavy (non-hydrogen) atoms. The maximum absolute atomic E-state index is 13.0. The summed E-state index contributed by atoms with van der Waals surface area (Å²) in [6.45, 7) is 0.371. The minimum Gasteiger partial charge on any atom is -0.507 e. The number of aliphatic hydroxyl groups excluding tert-OH is 1. The lowest BCUT2D eigenvalue weighted by Gasteiger charge is -2.25. The van der Waals surface area contributed by atoms with E-state index in [-0.39, 0.29) is 11.3 Å². The van der Waals surface area contributed by atoms with Crippen molar-refractivity contribution in [3.63, 3.8) is 0 Å². The van der Waals surface area contributed by atoms with E-state index < -0.39 is 17.7 Å². The third kappa shape index (κ3) is 4.59. The highest BCUT2D eigenvalue weighted by molar-refractivity contribution is 14.1. The predicted octanol–water partition coefficient (Wildman–Crippen LogP) is 4.83. The highest BCUT2D eigenvalue weighted by atomic mass is 127. The summed E-state index contributed by atoms with van der Waals surface area (Å²) in [5.74, 6) is -0.590. The van der Waals surface area contributed by atoms with Crippen LogP contribution in [0.4, 0.5) is 0 Å². The third-order valence-corrected chi connectivity index (χ3v) is 6.46. The molecule has 1 saturated heterocycles. The van der Waals surface area contributed by atoms with Gasteiger partial charge in [0.1, 0.15) is 11.6 Å². The Hall–Kier alpha value is -2.46. The van der Waals surface area contributed by atoms with Gasteiger partial charge in [-0.3, -0.25) is 9.59 Å². The van der Waals surface area contributed by atoms with Crippen LogP contribution in [0.15, 0.2) is 71.0 Å². The number of imidazole rings is 1. The van der Waals surface area contributed by atoms with E-state index in [2.05, 4.69) is 48.5 Å². The van der Waals surface area contributed by atoms with E-state index in [1.54, 1.807) is 29.4 Å². The highest BCUT2D eigenvalue weighted by Gasteiger charge is 2.45. The summed E-state index contributed by atoms with van der Waals surface area (Å²) >= 11 is 5.60. The fourth-order valence-corrected chi connectivity index (χ4v) is 4.34. The summed E-state index contributed by atoms with van der Waals surface area (Å²) in [7, 11) is 0. The van der Waals surface area contributed by atoms with Crippen LogP contribution in [0.3, 0.4) is 0 Å². The first-order chi connectivity index (χ1) is 15.0. The van der Waals surface area contributed by atoms with Gasteiger partial charge < -0.3 is 15.0 Å². The summed E-state index contributed by atoms with van der Waals surface area (Å²) in [5, 5.41) is 11.0. The smallest absolute Gasteiger partial charge is 0.295 e. The number of hydrogen-bond donors (Lipinski definition) is 2. The Bertz CT molecular complexity index is 1130. The number of hydrogen-bond acceptors (Lipinski definition) is 4. The van der Waals surface area contributed by atoms with Gasteiger partial charge in [0.25, 0.3) is 11.7 Å². The van der Waals surface area contributed by atoms with Gasteiger partial charge in [-0.05, 0) is 58.8 Å². The quantitative estimate of drug-likeness (QED) is 0.186. The molecule has 3 aromatic rings. The first-order valence-electron chi connectivity index (χ1n) is 9.74. The summed E-state index contributed by atoms with van der Waals surface area (Å²) in [6, 6.07) is 14.0. The number of aromatic nitrogens is 2. The van der Waals surface area contributed by atoms with Crippen molar-refractivity contribution in [2.45, 2.75) is 18.9 Å².